The largest absolute Gasteiger partial charge is 0.488 e. The minimum atomic E-state index is -0.305. The number of Topliss-reactive ketones (excluding diaryl/α,β-unsaturated/α-hetero) is 1. The van der Waals surface area contributed by atoms with Crippen molar-refractivity contribution in [2.24, 2.45) is 0 Å². The summed E-state index contributed by atoms with van der Waals surface area (Å²) in [5.41, 5.74) is 52.6. The average Bonchev–Trinajstić information content (AvgIpc) is 0.759. The number of methoxy groups -OCH3 is 1. The number of aryl methyl sites for hydroxylation is 19. The van der Waals surface area contributed by atoms with Gasteiger partial charge in [-0.15, -0.1) is 0 Å². The first-order valence-electron chi connectivity index (χ1n) is 45.4. The lowest BCUT2D eigenvalue weighted by molar-refractivity contribution is 0.0599. The molecule has 0 N–H and O–H groups in total. The standard InChI is InChI=1S/C116H134O4/c1-22-26-30-37-43-89-68-113(91(45-39-32-28-24-3)66-111(89)107-62-79(12)103(58-83(107)16)99-54-73(6)97(52-75(99)8)93-47-49-95(72(5)51-93)116(118)119-21)109-64-81(14)105(60-85(109)18)101-56-78(11)102(57-77(101)10)106-61-86(19)110(65-82(106)15)114-69-90(44-38-31-27-23-2)112(67-92(114)46-40-33-29-25-4)108-63-80(13)104(59-84(108)17)100-55-74(7)98(53-76(100)9)94-48-50-96(87(20)117)115(70-94)120-71-88-41-35-34-36-42-88/h34-36,41-42,47-70H,22-33,37-40,43-46,71H2,1-21H3. The van der Waals surface area contributed by atoms with Crippen molar-refractivity contribution in [2.75, 3.05) is 7.11 Å². The van der Waals surface area contributed by atoms with Gasteiger partial charge in [-0.05, 0) is 403 Å². The Hall–Kier alpha value is -10.4. The number of unbranched alkanes of at least 4 members (excludes halogenated alkanes) is 12. The van der Waals surface area contributed by atoms with Crippen molar-refractivity contribution in [3.8, 4) is 117 Å². The summed E-state index contributed by atoms with van der Waals surface area (Å²) in [4.78, 5) is 25.4. The Morgan fingerprint density at radius 1 is 0.250 bits per heavy atom. The molecule has 622 valence electrons. The van der Waals surface area contributed by atoms with E-state index in [2.05, 4.69) is 258 Å². The molecule has 0 spiro atoms. The normalized spacial score (nSPS) is 11.5. The molecule has 12 aromatic carbocycles. The van der Waals surface area contributed by atoms with E-state index in [0.717, 1.165) is 66.3 Å². The summed E-state index contributed by atoms with van der Waals surface area (Å²) in [7, 11) is 1.44. The van der Waals surface area contributed by atoms with E-state index < -0.39 is 0 Å². The van der Waals surface area contributed by atoms with E-state index in [4.69, 9.17) is 9.47 Å². The third-order valence-corrected chi connectivity index (χ3v) is 26.0. The Balaban J connectivity index is 0.865. The monoisotopic (exact) mass is 1590 g/mol. The zero-order valence-electron chi connectivity index (χ0n) is 76.7. The maximum Gasteiger partial charge on any atom is 0.338 e. The van der Waals surface area contributed by atoms with Crippen molar-refractivity contribution >= 4 is 11.8 Å². The molecule has 120 heavy (non-hydrogen) atoms. The summed E-state index contributed by atoms with van der Waals surface area (Å²) in [6.07, 6.45) is 23.5. The molecule has 0 fully saturated rings. The van der Waals surface area contributed by atoms with Crippen molar-refractivity contribution in [1.29, 1.82) is 0 Å². The molecule has 0 aliphatic heterocycles. The fourth-order valence-electron chi connectivity index (χ4n) is 19.0. The van der Waals surface area contributed by atoms with Crippen molar-refractivity contribution in [3.63, 3.8) is 0 Å². The van der Waals surface area contributed by atoms with Crippen molar-refractivity contribution < 1.29 is 19.1 Å². The van der Waals surface area contributed by atoms with Crippen LogP contribution in [0.1, 0.15) is 269 Å². The molecule has 0 saturated heterocycles. The fourth-order valence-corrected chi connectivity index (χ4v) is 19.0. The molecule has 0 aromatic heterocycles. The van der Waals surface area contributed by atoms with Crippen LogP contribution >= 0.6 is 0 Å². The van der Waals surface area contributed by atoms with Crippen LogP contribution in [-0.2, 0) is 37.0 Å². The molecule has 12 aromatic rings. The highest BCUT2D eigenvalue weighted by atomic mass is 16.5. The van der Waals surface area contributed by atoms with Crippen molar-refractivity contribution in [3.05, 3.63) is 298 Å². The van der Waals surface area contributed by atoms with Crippen LogP contribution in [0.5, 0.6) is 5.75 Å². The van der Waals surface area contributed by atoms with E-state index in [1.807, 2.05) is 49.4 Å². The van der Waals surface area contributed by atoms with Crippen LogP contribution < -0.4 is 4.74 Å². The van der Waals surface area contributed by atoms with Gasteiger partial charge in [0.05, 0.1) is 18.2 Å². The number of hydrogen-bond donors (Lipinski definition) is 0. The first kappa shape index (κ1) is 88.9. The van der Waals surface area contributed by atoms with Crippen LogP contribution in [0.3, 0.4) is 0 Å². The Labute approximate surface area is 722 Å². The smallest absolute Gasteiger partial charge is 0.338 e. The maximum absolute atomic E-state index is 12.9. The summed E-state index contributed by atoms with van der Waals surface area (Å²) in [6, 6.07) is 67.1. The highest BCUT2D eigenvalue weighted by Gasteiger charge is 2.26. The summed E-state index contributed by atoms with van der Waals surface area (Å²) >= 11 is 0. The summed E-state index contributed by atoms with van der Waals surface area (Å²) < 4.78 is 11.5. The topological polar surface area (TPSA) is 52.6 Å². The molecule has 0 bridgehead atoms. The molecule has 0 saturated carbocycles. The molecule has 4 nitrogen and oxygen atoms in total. The van der Waals surface area contributed by atoms with Crippen LogP contribution in [0, 0.1) is 104 Å². The molecular formula is C116H134O4. The molecule has 12 rings (SSSR count). The second-order valence-corrected chi connectivity index (χ2v) is 35.5. The first-order valence-corrected chi connectivity index (χ1v) is 45.4. The lowest BCUT2D eigenvalue weighted by Gasteiger charge is -2.23. The van der Waals surface area contributed by atoms with Gasteiger partial charge >= 0.3 is 5.97 Å². The van der Waals surface area contributed by atoms with Crippen LogP contribution in [-0.4, -0.2) is 18.9 Å². The third-order valence-electron chi connectivity index (χ3n) is 26.0. The van der Waals surface area contributed by atoms with Crippen molar-refractivity contribution in [2.45, 2.75) is 273 Å². The van der Waals surface area contributed by atoms with Gasteiger partial charge in [-0.1, -0.05) is 262 Å². The molecule has 0 aliphatic carbocycles. The Bertz CT molecular complexity index is 5720. The number of carbonyl (C=O) groups excluding carboxylic acids is 2. The zero-order chi connectivity index (χ0) is 85.8. The van der Waals surface area contributed by atoms with Gasteiger partial charge in [0.1, 0.15) is 12.4 Å². The highest BCUT2D eigenvalue weighted by molar-refractivity contribution is 5.98. The molecule has 0 aliphatic rings. The molecule has 0 radical (unpaired) electrons. The van der Waals surface area contributed by atoms with E-state index in [-0.39, 0.29) is 11.8 Å². The van der Waals surface area contributed by atoms with Gasteiger partial charge in [0.25, 0.3) is 0 Å². The zero-order valence-corrected chi connectivity index (χ0v) is 76.7. The number of benzene rings is 12. The number of carbonyl (C=O) groups is 2. The van der Waals surface area contributed by atoms with Gasteiger partial charge in [-0.3, -0.25) is 4.79 Å². The maximum atomic E-state index is 12.9. The quantitative estimate of drug-likeness (QED) is 0.0226. The Morgan fingerprint density at radius 3 is 0.758 bits per heavy atom. The third kappa shape index (κ3) is 20.1. The predicted molar refractivity (Wildman–Crippen MR) is 515 cm³/mol. The number of ether oxygens (including phenoxy) is 2. The van der Waals surface area contributed by atoms with Crippen LogP contribution in [0.2, 0.25) is 0 Å². The Morgan fingerprint density at radius 2 is 0.500 bits per heavy atom. The van der Waals surface area contributed by atoms with Gasteiger partial charge in [0.2, 0.25) is 0 Å². The summed E-state index contributed by atoms with van der Waals surface area (Å²) in [5, 5.41) is 0. The summed E-state index contributed by atoms with van der Waals surface area (Å²) in [6.45, 7) is 45.6. The fraction of sp³-hybridized carbons (Fsp3) is 0.362. The van der Waals surface area contributed by atoms with Gasteiger partial charge in [0, 0.05) is 0 Å². The van der Waals surface area contributed by atoms with Crippen LogP contribution in [0.4, 0.5) is 0 Å². The molecule has 0 unspecified atom stereocenters. The SMILES string of the molecule is CCCCCCc1cc(-c2cc(C)c(-c3cc(C)c(-c4cc(C)c(-c5cc(CCCCCC)c(-c6cc(C)c(-c7cc(C)c(-c8ccc(C(C)=O)c(OCc9ccccc9)c8)cc7C)cc6C)cc5CCCCCC)cc4C)cc3C)cc2C)c(CCCCCC)cc1-c1cc(C)c(-c2cc(C)c(-c3ccc(C(=O)OC)c(C)c3)cc2C)cc1C. The molecular weight excluding hydrogens is 1460 g/mol. The lowest BCUT2D eigenvalue weighted by Crippen LogP contribution is -2.03. The number of rotatable bonds is 35. The lowest BCUT2D eigenvalue weighted by atomic mass is 9.81. The highest BCUT2D eigenvalue weighted by Crippen LogP contribution is 2.47. The van der Waals surface area contributed by atoms with E-state index in [9.17, 15) is 9.59 Å². The van der Waals surface area contributed by atoms with E-state index in [1.165, 1.54) is 292 Å². The second kappa shape index (κ2) is 40.3. The first-order chi connectivity index (χ1) is 57.7. The van der Waals surface area contributed by atoms with Gasteiger partial charge in [0.15, 0.2) is 5.78 Å². The summed E-state index contributed by atoms with van der Waals surface area (Å²) in [5.74, 6) is 0.300. The number of esters is 1. The molecule has 0 atom stereocenters. The minimum absolute atomic E-state index is 0.00777. The molecule has 0 amide bonds. The van der Waals surface area contributed by atoms with E-state index in [1.54, 1.807) is 6.92 Å². The van der Waals surface area contributed by atoms with E-state index >= 15 is 0 Å². The van der Waals surface area contributed by atoms with Crippen molar-refractivity contribution in [1.82, 2.24) is 0 Å². The average molecular weight is 1590 g/mol. The predicted octanol–water partition coefficient (Wildman–Crippen LogP) is 33.0. The number of hydrogen-bond acceptors (Lipinski definition) is 4. The molecule has 4 heteroatoms. The van der Waals surface area contributed by atoms with Crippen LogP contribution in [0.15, 0.2) is 176 Å². The molecule has 0 heterocycles. The van der Waals surface area contributed by atoms with Crippen LogP contribution in [0.25, 0.3) is 111 Å². The van der Waals surface area contributed by atoms with Gasteiger partial charge in [-0.25, -0.2) is 4.79 Å². The minimum Gasteiger partial charge on any atom is -0.488 e. The van der Waals surface area contributed by atoms with Gasteiger partial charge < -0.3 is 9.47 Å². The number of ketones is 1. The van der Waals surface area contributed by atoms with Gasteiger partial charge in [-0.2, -0.15) is 0 Å². The van der Waals surface area contributed by atoms with E-state index in [0.29, 0.717) is 23.5 Å². The second-order valence-electron chi connectivity index (χ2n) is 35.5. The Kier molecular flexibility index (Phi) is 29.8.